The van der Waals surface area contributed by atoms with Gasteiger partial charge in [-0.05, 0) is 18.8 Å². The summed E-state index contributed by atoms with van der Waals surface area (Å²) < 4.78 is 0. The first kappa shape index (κ1) is 10.3. The third-order valence-electron chi connectivity index (χ3n) is 2.59. The zero-order valence-electron chi connectivity index (χ0n) is 8.66. The number of hydrogen-bond donors (Lipinski definition) is 1. The molecule has 0 aromatic carbocycles. The van der Waals surface area contributed by atoms with Crippen LogP contribution >= 0.6 is 0 Å². The lowest BCUT2D eigenvalue weighted by Crippen LogP contribution is -2.47. The molecule has 1 atom stereocenters. The highest BCUT2D eigenvalue weighted by atomic mass is 16.2. The number of rotatable bonds is 3. The van der Waals surface area contributed by atoms with E-state index in [0.29, 0.717) is 12.5 Å². The fourth-order valence-electron chi connectivity index (χ4n) is 1.61. The molecular formula is C9H19N3O. The number of urea groups is 1. The Morgan fingerprint density at radius 1 is 1.46 bits per heavy atom. The first-order valence-corrected chi connectivity index (χ1v) is 4.72. The van der Waals surface area contributed by atoms with Crippen molar-refractivity contribution < 1.29 is 4.79 Å². The Bertz CT molecular complexity index is 189. The Morgan fingerprint density at radius 3 is 2.31 bits per heavy atom. The lowest BCUT2D eigenvalue weighted by molar-refractivity contribution is 0.159. The highest BCUT2D eigenvalue weighted by molar-refractivity contribution is 5.73. The largest absolute Gasteiger partial charge is 0.331 e. The van der Waals surface area contributed by atoms with Gasteiger partial charge >= 0.3 is 6.03 Å². The van der Waals surface area contributed by atoms with Crippen LogP contribution in [0.25, 0.3) is 0 Å². The SMILES string of the molecule is CN(C)C(=O)N(C)C(CN)C1CC1. The maximum atomic E-state index is 11.6. The molecule has 0 saturated heterocycles. The summed E-state index contributed by atoms with van der Waals surface area (Å²) in [5, 5.41) is 0. The van der Waals surface area contributed by atoms with Gasteiger partial charge in [0.05, 0.1) is 0 Å². The lowest BCUT2D eigenvalue weighted by atomic mass is 10.1. The van der Waals surface area contributed by atoms with Crippen molar-refractivity contribution in [1.29, 1.82) is 0 Å². The summed E-state index contributed by atoms with van der Waals surface area (Å²) in [6.45, 7) is 0.570. The van der Waals surface area contributed by atoms with Crippen molar-refractivity contribution in [3.63, 3.8) is 0 Å². The molecule has 0 bridgehead atoms. The van der Waals surface area contributed by atoms with Crippen molar-refractivity contribution in [2.75, 3.05) is 27.7 Å². The summed E-state index contributed by atoms with van der Waals surface area (Å²) in [5.41, 5.74) is 5.64. The van der Waals surface area contributed by atoms with E-state index in [0.717, 1.165) is 0 Å². The van der Waals surface area contributed by atoms with Gasteiger partial charge in [-0.15, -0.1) is 0 Å². The number of likely N-dealkylation sites (N-methyl/N-ethyl adjacent to an activating group) is 1. The average Bonchev–Trinajstić information content (AvgIpc) is 2.88. The molecule has 1 fully saturated rings. The molecule has 1 rings (SSSR count). The molecule has 4 heteroatoms. The van der Waals surface area contributed by atoms with Crippen LogP contribution in [-0.4, -0.2) is 49.6 Å². The summed E-state index contributed by atoms with van der Waals surface area (Å²) in [5.74, 6) is 0.638. The van der Waals surface area contributed by atoms with Gasteiger partial charge in [-0.1, -0.05) is 0 Å². The molecule has 1 unspecified atom stereocenters. The minimum atomic E-state index is 0.0438. The Hall–Kier alpha value is -0.770. The zero-order chi connectivity index (χ0) is 10.0. The van der Waals surface area contributed by atoms with Gasteiger partial charge in [-0.25, -0.2) is 4.79 Å². The van der Waals surface area contributed by atoms with Gasteiger partial charge in [0.2, 0.25) is 0 Å². The van der Waals surface area contributed by atoms with Gasteiger partial charge in [0.25, 0.3) is 0 Å². The van der Waals surface area contributed by atoms with Crippen molar-refractivity contribution in [1.82, 2.24) is 9.80 Å². The van der Waals surface area contributed by atoms with Crippen LogP contribution in [0.3, 0.4) is 0 Å². The minimum absolute atomic E-state index is 0.0438. The van der Waals surface area contributed by atoms with E-state index in [9.17, 15) is 4.79 Å². The molecule has 0 aliphatic heterocycles. The van der Waals surface area contributed by atoms with Gasteiger partial charge in [0.1, 0.15) is 0 Å². The van der Waals surface area contributed by atoms with E-state index in [1.54, 1.807) is 23.9 Å². The van der Waals surface area contributed by atoms with Crippen molar-refractivity contribution in [3.8, 4) is 0 Å². The average molecular weight is 185 g/mol. The number of amides is 2. The maximum Gasteiger partial charge on any atom is 0.319 e. The second kappa shape index (κ2) is 3.96. The van der Waals surface area contributed by atoms with Crippen molar-refractivity contribution in [3.05, 3.63) is 0 Å². The monoisotopic (exact) mass is 185 g/mol. The zero-order valence-corrected chi connectivity index (χ0v) is 8.66. The summed E-state index contributed by atoms with van der Waals surface area (Å²) >= 11 is 0. The van der Waals surface area contributed by atoms with Gasteiger partial charge in [0.15, 0.2) is 0 Å². The Kier molecular flexibility index (Phi) is 3.14. The highest BCUT2D eigenvalue weighted by Gasteiger charge is 2.35. The lowest BCUT2D eigenvalue weighted by Gasteiger charge is -2.29. The Balaban J connectivity index is 2.52. The number of nitrogens with two attached hydrogens (primary N) is 1. The van der Waals surface area contributed by atoms with Crippen LogP contribution in [-0.2, 0) is 0 Å². The fraction of sp³-hybridized carbons (Fsp3) is 0.889. The van der Waals surface area contributed by atoms with E-state index in [1.807, 2.05) is 7.05 Å². The smallest absolute Gasteiger partial charge is 0.319 e. The van der Waals surface area contributed by atoms with E-state index in [4.69, 9.17) is 5.73 Å². The van der Waals surface area contributed by atoms with Crippen LogP contribution in [0.2, 0.25) is 0 Å². The third-order valence-corrected chi connectivity index (χ3v) is 2.59. The van der Waals surface area contributed by atoms with Crippen LogP contribution < -0.4 is 5.73 Å². The maximum absolute atomic E-state index is 11.6. The summed E-state index contributed by atoms with van der Waals surface area (Å²) in [7, 11) is 5.36. The van der Waals surface area contributed by atoms with Crippen LogP contribution in [0.1, 0.15) is 12.8 Å². The summed E-state index contributed by atoms with van der Waals surface area (Å²) in [6, 6.07) is 0.275. The Morgan fingerprint density at radius 2 is 2.00 bits per heavy atom. The molecule has 1 aliphatic carbocycles. The molecule has 4 nitrogen and oxygen atoms in total. The van der Waals surface area contributed by atoms with Gasteiger partial charge in [-0.2, -0.15) is 0 Å². The van der Waals surface area contributed by atoms with Crippen molar-refractivity contribution in [2.45, 2.75) is 18.9 Å². The van der Waals surface area contributed by atoms with Crippen LogP contribution in [0, 0.1) is 5.92 Å². The topological polar surface area (TPSA) is 49.6 Å². The molecule has 0 radical (unpaired) electrons. The molecule has 1 aliphatic rings. The molecule has 13 heavy (non-hydrogen) atoms. The number of nitrogens with zero attached hydrogens (tertiary/aromatic N) is 2. The van der Waals surface area contributed by atoms with Crippen molar-refractivity contribution >= 4 is 6.03 Å². The van der Waals surface area contributed by atoms with Crippen LogP contribution in [0.5, 0.6) is 0 Å². The van der Waals surface area contributed by atoms with Crippen LogP contribution in [0.15, 0.2) is 0 Å². The molecule has 0 aromatic heterocycles. The highest BCUT2D eigenvalue weighted by Crippen LogP contribution is 2.34. The number of hydrogen-bond acceptors (Lipinski definition) is 2. The first-order valence-electron chi connectivity index (χ1n) is 4.72. The molecule has 2 N–H and O–H groups in total. The molecule has 1 saturated carbocycles. The predicted octanol–water partition coefficient (Wildman–Crippen LogP) is 0.337. The van der Waals surface area contributed by atoms with Crippen molar-refractivity contribution in [2.24, 2.45) is 11.7 Å². The minimum Gasteiger partial charge on any atom is -0.331 e. The summed E-state index contributed by atoms with van der Waals surface area (Å²) in [6.07, 6.45) is 2.43. The van der Waals surface area contributed by atoms with Gasteiger partial charge < -0.3 is 15.5 Å². The quantitative estimate of drug-likeness (QED) is 0.689. The van der Waals surface area contributed by atoms with E-state index in [1.165, 1.54) is 12.8 Å². The third kappa shape index (κ3) is 2.34. The molecular weight excluding hydrogens is 166 g/mol. The second-order valence-electron chi connectivity index (χ2n) is 3.93. The van der Waals surface area contributed by atoms with E-state index >= 15 is 0 Å². The molecule has 0 spiro atoms. The van der Waals surface area contributed by atoms with Gasteiger partial charge in [-0.3, -0.25) is 0 Å². The van der Waals surface area contributed by atoms with E-state index < -0.39 is 0 Å². The predicted molar refractivity (Wildman–Crippen MR) is 52.4 cm³/mol. The standard InChI is InChI=1S/C9H19N3O/c1-11(2)9(13)12(3)8(6-10)7-4-5-7/h7-8H,4-6,10H2,1-3H3. The molecule has 0 aromatic rings. The number of carbonyl (C=O) groups is 1. The molecule has 76 valence electrons. The van der Waals surface area contributed by atoms with Crippen LogP contribution in [0.4, 0.5) is 4.79 Å². The fourth-order valence-corrected chi connectivity index (χ4v) is 1.61. The van der Waals surface area contributed by atoms with E-state index in [-0.39, 0.29) is 12.1 Å². The molecule has 0 heterocycles. The molecule has 2 amide bonds. The summed E-state index contributed by atoms with van der Waals surface area (Å²) in [4.78, 5) is 14.9. The van der Waals surface area contributed by atoms with Gasteiger partial charge in [0, 0.05) is 33.7 Å². The van der Waals surface area contributed by atoms with E-state index in [2.05, 4.69) is 0 Å². The first-order chi connectivity index (χ1) is 6.07. The Labute approximate surface area is 79.7 Å². The number of carbonyl (C=O) groups excluding carboxylic acids is 1. The second-order valence-corrected chi connectivity index (χ2v) is 3.93. The normalized spacial score (nSPS) is 18.2.